The number of rotatable bonds is 2. The molecule has 0 heterocycles. The van der Waals surface area contributed by atoms with Gasteiger partial charge in [-0.3, -0.25) is 0 Å². The predicted octanol–water partition coefficient (Wildman–Crippen LogP) is 5.13. The highest BCUT2D eigenvalue weighted by molar-refractivity contribution is 4.76. The molecule has 2 atom stereocenters. The van der Waals surface area contributed by atoms with Gasteiger partial charge in [0, 0.05) is 0 Å². The van der Waals surface area contributed by atoms with Crippen molar-refractivity contribution < 1.29 is 0 Å². The van der Waals surface area contributed by atoms with Crippen molar-refractivity contribution in [3.05, 3.63) is 0 Å². The number of hydrogen-bond donors (Lipinski definition) is 0. The van der Waals surface area contributed by atoms with Crippen LogP contribution < -0.4 is 0 Å². The van der Waals surface area contributed by atoms with Gasteiger partial charge < -0.3 is 0 Å². The van der Waals surface area contributed by atoms with E-state index in [9.17, 15) is 0 Å². The molecule has 0 unspecified atom stereocenters. The third kappa shape index (κ3) is 4.48. The van der Waals surface area contributed by atoms with E-state index < -0.39 is 0 Å². The normalized spacial score (nSPS) is 27.4. The van der Waals surface area contributed by atoms with Gasteiger partial charge >= 0.3 is 0 Å². The SMILES string of the molecule is CC.CC(C)[C@@H]1CCC[C@@H](C(C)C)C1. The molecule has 0 N–H and O–H groups in total. The average Bonchev–Trinajstić information content (AvgIpc) is 2.21. The van der Waals surface area contributed by atoms with Gasteiger partial charge in [-0.25, -0.2) is 0 Å². The van der Waals surface area contributed by atoms with Crippen molar-refractivity contribution in [2.24, 2.45) is 23.7 Å². The highest BCUT2D eigenvalue weighted by atomic mass is 14.3. The molecule has 1 saturated carbocycles. The Morgan fingerprint density at radius 3 is 1.43 bits per heavy atom. The van der Waals surface area contributed by atoms with Gasteiger partial charge in [0.25, 0.3) is 0 Å². The molecule has 0 saturated heterocycles. The van der Waals surface area contributed by atoms with Gasteiger partial charge in [0.05, 0.1) is 0 Å². The molecule has 1 aliphatic rings. The van der Waals surface area contributed by atoms with E-state index in [-0.39, 0.29) is 0 Å². The third-order valence-electron chi connectivity index (χ3n) is 3.64. The summed E-state index contributed by atoms with van der Waals surface area (Å²) in [5.41, 5.74) is 0. The Labute approximate surface area is 91.5 Å². The van der Waals surface area contributed by atoms with E-state index >= 15 is 0 Å². The Morgan fingerprint density at radius 1 is 0.786 bits per heavy atom. The van der Waals surface area contributed by atoms with Gasteiger partial charge in [0.2, 0.25) is 0 Å². The Balaban J connectivity index is 0.000000791. The van der Waals surface area contributed by atoms with Crippen LogP contribution in [0.5, 0.6) is 0 Å². The summed E-state index contributed by atoms with van der Waals surface area (Å²) in [6, 6.07) is 0. The first kappa shape index (κ1) is 14.0. The lowest BCUT2D eigenvalue weighted by Gasteiger charge is -2.33. The highest BCUT2D eigenvalue weighted by Crippen LogP contribution is 2.36. The molecular weight excluding hydrogens is 168 g/mol. The smallest absolute Gasteiger partial charge is 0.0388 e. The van der Waals surface area contributed by atoms with Crippen LogP contribution in [0.4, 0.5) is 0 Å². The van der Waals surface area contributed by atoms with Crippen molar-refractivity contribution in [1.29, 1.82) is 0 Å². The standard InChI is InChI=1S/C12H24.C2H6/c1-9(2)11-6-5-7-12(8-11)10(3)4;1-2/h9-12H,5-8H2,1-4H3;1-2H3/t11-,12-;/m1./s1. The summed E-state index contributed by atoms with van der Waals surface area (Å²) in [7, 11) is 0. The van der Waals surface area contributed by atoms with E-state index in [1.54, 1.807) is 0 Å². The summed E-state index contributed by atoms with van der Waals surface area (Å²) < 4.78 is 0. The minimum Gasteiger partial charge on any atom is -0.0683 e. The van der Waals surface area contributed by atoms with E-state index in [1.165, 1.54) is 25.7 Å². The third-order valence-corrected chi connectivity index (χ3v) is 3.64. The van der Waals surface area contributed by atoms with E-state index in [4.69, 9.17) is 0 Å². The largest absolute Gasteiger partial charge is 0.0683 e. The fourth-order valence-electron chi connectivity index (χ4n) is 2.48. The zero-order valence-electron chi connectivity index (χ0n) is 11.1. The van der Waals surface area contributed by atoms with Gasteiger partial charge in [-0.1, -0.05) is 60.8 Å². The lowest BCUT2D eigenvalue weighted by Crippen LogP contribution is -2.22. The summed E-state index contributed by atoms with van der Waals surface area (Å²) >= 11 is 0. The van der Waals surface area contributed by atoms with Crippen LogP contribution in [-0.2, 0) is 0 Å². The van der Waals surface area contributed by atoms with Gasteiger partial charge in [0.1, 0.15) is 0 Å². The summed E-state index contributed by atoms with van der Waals surface area (Å²) in [4.78, 5) is 0. The molecule has 0 spiro atoms. The zero-order valence-corrected chi connectivity index (χ0v) is 11.1. The molecule has 0 aliphatic heterocycles. The quantitative estimate of drug-likeness (QED) is 0.577. The molecule has 1 rings (SSSR count). The van der Waals surface area contributed by atoms with Crippen molar-refractivity contribution in [2.45, 2.75) is 67.2 Å². The Bertz CT molecular complexity index is 110. The second-order valence-corrected chi connectivity index (χ2v) is 5.17. The molecule has 1 aliphatic carbocycles. The molecular formula is C14H30. The maximum atomic E-state index is 2.38. The lowest BCUT2D eigenvalue weighted by atomic mass is 9.72. The second kappa shape index (κ2) is 7.31. The highest BCUT2D eigenvalue weighted by Gasteiger charge is 2.25. The van der Waals surface area contributed by atoms with Crippen LogP contribution in [-0.4, -0.2) is 0 Å². The van der Waals surface area contributed by atoms with Crippen LogP contribution in [0.1, 0.15) is 67.2 Å². The van der Waals surface area contributed by atoms with E-state index in [0.29, 0.717) is 0 Å². The summed E-state index contributed by atoms with van der Waals surface area (Å²) in [6.07, 6.45) is 5.95. The maximum absolute atomic E-state index is 2.38. The fourth-order valence-corrected chi connectivity index (χ4v) is 2.48. The molecule has 0 radical (unpaired) electrons. The van der Waals surface area contributed by atoms with Crippen LogP contribution in [0.25, 0.3) is 0 Å². The van der Waals surface area contributed by atoms with Crippen molar-refractivity contribution in [3.8, 4) is 0 Å². The molecule has 0 aromatic rings. The Morgan fingerprint density at radius 2 is 1.14 bits per heavy atom. The predicted molar refractivity (Wildman–Crippen MR) is 66.5 cm³/mol. The molecule has 0 heteroatoms. The van der Waals surface area contributed by atoms with Gasteiger partial charge in [-0.05, 0) is 30.1 Å². The van der Waals surface area contributed by atoms with E-state index in [0.717, 1.165) is 23.7 Å². The first-order valence-corrected chi connectivity index (χ1v) is 6.61. The first-order valence-electron chi connectivity index (χ1n) is 6.61. The summed E-state index contributed by atoms with van der Waals surface area (Å²) in [5.74, 6) is 3.86. The van der Waals surface area contributed by atoms with Crippen LogP contribution in [0, 0.1) is 23.7 Å². The van der Waals surface area contributed by atoms with Gasteiger partial charge in [0.15, 0.2) is 0 Å². The Kier molecular flexibility index (Phi) is 7.31. The minimum atomic E-state index is 0.909. The van der Waals surface area contributed by atoms with Crippen molar-refractivity contribution >= 4 is 0 Å². The molecule has 1 fully saturated rings. The van der Waals surface area contributed by atoms with E-state index in [1.807, 2.05) is 13.8 Å². The molecule has 0 bridgehead atoms. The Hall–Kier alpha value is 0. The lowest BCUT2D eigenvalue weighted by molar-refractivity contribution is 0.177. The van der Waals surface area contributed by atoms with E-state index in [2.05, 4.69) is 27.7 Å². The summed E-state index contributed by atoms with van der Waals surface area (Å²) in [6.45, 7) is 13.5. The van der Waals surface area contributed by atoms with Crippen molar-refractivity contribution in [1.82, 2.24) is 0 Å². The van der Waals surface area contributed by atoms with Gasteiger partial charge in [-0.2, -0.15) is 0 Å². The second-order valence-electron chi connectivity index (χ2n) is 5.17. The first-order chi connectivity index (χ1) is 6.61. The van der Waals surface area contributed by atoms with Gasteiger partial charge in [-0.15, -0.1) is 0 Å². The minimum absolute atomic E-state index is 0.909. The topological polar surface area (TPSA) is 0 Å². The summed E-state index contributed by atoms with van der Waals surface area (Å²) in [5, 5.41) is 0. The molecule has 14 heavy (non-hydrogen) atoms. The monoisotopic (exact) mass is 198 g/mol. The van der Waals surface area contributed by atoms with Crippen LogP contribution in [0.2, 0.25) is 0 Å². The number of hydrogen-bond acceptors (Lipinski definition) is 0. The molecule has 0 nitrogen and oxygen atoms in total. The average molecular weight is 198 g/mol. The fraction of sp³-hybridized carbons (Fsp3) is 1.00. The van der Waals surface area contributed by atoms with Crippen LogP contribution in [0.15, 0.2) is 0 Å². The van der Waals surface area contributed by atoms with Crippen molar-refractivity contribution in [3.63, 3.8) is 0 Å². The maximum Gasteiger partial charge on any atom is -0.0388 e. The zero-order chi connectivity index (χ0) is 11.1. The molecule has 0 amide bonds. The molecule has 0 aromatic heterocycles. The van der Waals surface area contributed by atoms with Crippen LogP contribution in [0.3, 0.4) is 0 Å². The van der Waals surface area contributed by atoms with Crippen LogP contribution >= 0.6 is 0 Å². The molecule has 86 valence electrons. The molecule has 0 aromatic carbocycles. The van der Waals surface area contributed by atoms with Crippen molar-refractivity contribution in [2.75, 3.05) is 0 Å².